The monoisotopic (exact) mass is 370 g/mol. The number of nitrogens with zero attached hydrogens (tertiary/aromatic N) is 3. The van der Waals surface area contributed by atoms with Gasteiger partial charge in [0.15, 0.2) is 12.2 Å². The highest BCUT2D eigenvalue weighted by atomic mass is 19.4. The van der Waals surface area contributed by atoms with E-state index in [4.69, 9.17) is 0 Å². The first-order chi connectivity index (χ1) is 12.3. The molecular weight excluding hydrogens is 354 g/mol. The van der Waals surface area contributed by atoms with E-state index in [-0.39, 0.29) is 25.4 Å². The van der Waals surface area contributed by atoms with Crippen molar-refractivity contribution in [2.45, 2.75) is 31.4 Å². The van der Waals surface area contributed by atoms with Crippen LogP contribution in [0.3, 0.4) is 0 Å². The molecule has 0 radical (unpaired) electrons. The lowest BCUT2D eigenvalue weighted by Gasteiger charge is -2.09. The second-order valence-corrected chi connectivity index (χ2v) is 5.95. The maximum absolute atomic E-state index is 13.1. The lowest BCUT2D eigenvalue weighted by Crippen LogP contribution is -2.89. The Balaban J connectivity index is 1.65. The fraction of sp³-hybridized carbons (Fsp3) is 0.375. The molecule has 26 heavy (non-hydrogen) atoms. The van der Waals surface area contributed by atoms with Crippen molar-refractivity contribution < 1.29 is 27.7 Å². The molecule has 0 spiro atoms. The number of hydrogen-bond donors (Lipinski definition) is 2. The number of aromatic nitrogens is 3. The average Bonchev–Trinajstić information content (AvgIpc) is 3.06. The van der Waals surface area contributed by atoms with Gasteiger partial charge in [-0.25, -0.2) is 14.4 Å². The van der Waals surface area contributed by atoms with Crippen molar-refractivity contribution in [3.63, 3.8) is 0 Å². The van der Waals surface area contributed by atoms with E-state index in [9.17, 15) is 22.4 Å². The molecule has 1 saturated heterocycles. The number of carbonyl (C=O) groups excluding carboxylic acids is 1. The van der Waals surface area contributed by atoms with Gasteiger partial charge in [-0.1, -0.05) is 0 Å². The molecule has 10 heteroatoms. The van der Waals surface area contributed by atoms with Crippen molar-refractivity contribution in [2.24, 2.45) is 0 Å². The number of quaternary nitrogens is 1. The van der Waals surface area contributed by atoms with Crippen molar-refractivity contribution in [1.29, 1.82) is 0 Å². The van der Waals surface area contributed by atoms with Crippen LogP contribution in [0.4, 0.5) is 17.6 Å². The predicted molar refractivity (Wildman–Crippen MR) is 82.2 cm³/mol. The van der Waals surface area contributed by atoms with Crippen LogP contribution in [0.25, 0.3) is 11.3 Å². The van der Waals surface area contributed by atoms with Crippen LogP contribution in [0.5, 0.6) is 0 Å². The molecule has 2 atom stereocenters. The van der Waals surface area contributed by atoms with E-state index >= 15 is 0 Å². The van der Waals surface area contributed by atoms with Crippen LogP contribution >= 0.6 is 0 Å². The van der Waals surface area contributed by atoms with E-state index in [1.165, 1.54) is 12.4 Å². The van der Waals surface area contributed by atoms with Crippen molar-refractivity contribution in [2.75, 3.05) is 6.54 Å². The van der Waals surface area contributed by atoms with E-state index in [2.05, 4.69) is 20.3 Å². The Kier molecular flexibility index (Phi) is 5.12. The Morgan fingerprint density at radius 1 is 1.27 bits per heavy atom. The van der Waals surface area contributed by atoms with Crippen molar-refractivity contribution in [1.82, 2.24) is 20.3 Å². The quantitative estimate of drug-likeness (QED) is 0.782. The molecule has 1 amide bonds. The Morgan fingerprint density at radius 3 is 2.69 bits per heavy atom. The molecule has 2 aromatic heterocycles. The normalized spacial score (nSPS) is 20.2. The fourth-order valence-electron chi connectivity index (χ4n) is 2.67. The summed E-state index contributed by atoms with van der Waals surface area (Å²) in [6.07, 6.45) is -2.97. The van der Waals surface area contributed by atoms with Crippen molar-refractivity contribution >= 4 is 5.91 Å². The summed E-state index contributed by atoms with van der Waals surface area (Å²) in [6.45, 7) is 0.389. The third kappa shape index (κ3) is 4.31. The third-order valence-electron chi connectivity index (χ3n) is 4.04. The summed E-state index contributed by atoms with van der Waals surface area (Å²) in [5.74, 6) is -0.276. The van der Waals surface area contributed by atoms with Crippen LogP contribution < -0.4 is 10.6 Å². The van der Waals surface area contributed by atoms with Crippen LogP contribution in [0, 0.1) is 0 Å². The van der Waals surface area contributed by atoms with Gasteiger partial charge in [0.25, 0.3) is 5.91 Å². The number of hydrogen-bond acceptors (Lipinski definition) is 4. The highest BCUT2D eigenvalue weighted by Gasteiger charge is 2.33. The first-order valence-electron chi connectivity index (χ1n) is 7.92. The Morgan fingerprint density at radius 2 is 2.08 bits per heavy atom. The van der Waals surface area contributed by atoms with Crippen LogP contribution in [0.1, 0.15) is 17.8 Å². The molecule has 0 bridgehead atoms. The molecule has 0 aliphatic carbocycles. The van der Waals surface area contributed by atoms with Crippen LogP contribution in [-0.4, -0.2) is 39.6 Å². The minimum absolute atomic E-state index is 0.115. The van der Waals surface area contributed by atoms with Gasteiger partial charge in [-0.15, -0.1) is 0 Å². The fourth-order valence-corrected chi connectivity index (χ4v) is 2.67. The summed E-state index contributed by atoms with van der Waals surface area (Å²) in [5.41, 5.74) is 0.291. The molecule has 0 saturated carbocycles. The molecular formula is C16H16F4N5O+. The highest BCUT2D eigenvalue weighted by molar-refractivity contribution is 5.80. The standard InChI is InChI=1S/C16H15F4N5O/c17-10-3-13(21-6-10)15(26)23-7-11-4-12(25-8-24-11)9-1-2-14(22-5-9)16(18,19)20/h1-2,4-5,8,10,13,21H,3,6-7H2,(H,23,26)/p+1. The number of carbonyl (C=O) groups is 1. The number of pyridine rings is 1. The molecule has 1 aliphatic rings. The number of nitrogens with two attached hydrogens (primary N) is 1. The zero-order chi connectivity index (χ0) is 18.7. The van der Waals surface area contributed by atoms with E-state index in [1.807, 2.05) is 0 Å². The van der Waals surface area contributed by atoms with E-state index < -0.39 is 24.1 Å². The van der Waals surface area contributed by atoms with E-state index in [1.54, 1.807) is 11.4 Å². The summed E-state index contributed by atoms with van der Waals surface area (Å²) >= 11 is 0. The summed E-state index contributed by atoms with van der Waals surface area (Å²) in [5, 5.41) is 4.33. The number of rotatable bonds is 4. The van der Waals surface area contributed by atoms with Gasteiger partial charge in [-0.05, 0) is 18.2 Å². The molecule has 3 heterocycles. The Labute approximate surface area is 146 Å². The summed E-state index contributed by atoms with van der Waals surface area (Å²) in [7, 11) is 0. The Bertz CT molecular complexity index is 781. The number of halogens is 4. The second-order valence-electron chi connectivity index (χ2n) is 5.95. The zero-order valence-electron chi connectivity index (χ0n) is 13.5. The zero-order valence-corrected chi connectivity index (χ0v) is 13.5. The summed E-state index contributed by atoms with van der Waals surface area (Å²) < 4.78 is 50.8. The largest absolute Gasteiger partial charge is 0.433 e. The minimum atomic E-state index is -4.50. The molecule has 6 nitrogen and oxygen atoms in total. The number of alkyl halides is 4. The van der Waals surface area contributed by atoms with Gasteiger partial charge in [0.1, 0.15) is 18.6 Å². The van der Waals surface area contributed by atoms with Gasteiger partial charge in [0.2, 0.25) is 0 Å². The first-order valence-corrected chi connectivity index (χ1v) is 7.92. The van der Waals surface area contributed by atoms with Crippen LogP contribution in [0.2, 0.25) is 0 Å². The lowest BCUT2D eigenvalue weighted by atomic mass is 10.1. The molecule has 1 fully saturated rings. The maximum Gasteiger partial charge on any atom is 0.433 e. The highest BCUT2D eigenvalue weighted by Crippen LogP contribution is 2.28. The molecule has 3 rings (SSSR count). The molecule has 2 unspecified atom stereocenters. The van der Waals surface area contributed by atoms with Gasteiger partial charge in [0, 0.05) is 18.2 Å². The number of amides is 1. The molecule has 0 aromatic carbocycles. The molecule has 3 N–H and O–H groups in total. The second kappa shape index (κ2) is 7.32. The van der Waals surface area contributed by atoms with E-state index in [0.29, 0.717) is 17.0 Å². The van der Waals surface area contributed by atoms with Gasteiger partial charge in [-0.3, -0.25) is 9.78 Å². The van der Waals surface area contributed by atoms with Gasteiger partial charge in [-0.2, -0.15) is 13.2 Å². The smallest absolute Gasteiger partial charge is 0.345 e. The summed E-state index contributed by atoms with van der Waals surface area (Å²) in [4.78, 5) is 23.4. The minimum Gasteiger partial charge on any atom is -0.345 e. The van der Waals surface area contributed by atoms with E-state index in [0.717, 1.165) is 12.3 Å². The van der Waals surface area contributed by atoms with Crippen LogP contribution in [-0.2, 0) is 17.5 Å². The van der Waals surface area contributed by atoms with Gasteiger partial charge in [0.05, 0.1) is 17.9 Å². The maximum atomic E-state index is 13.1. The van der Waals surface area contributed by atoms with Gasteiger partial charge >= 0.3 is 6.18 Å². The molecule has 2 aromatic rings. The van der Waals surface area contributed by atoms with Crippen LogP contribution in [0.15, 0.2) is 30.7 Å². The van der Waals surface area contributed by atoms with Crippen molar-refractivity contribution in [3.8, 4) is 11.3 Å². The predicted octanol–water partition coefficient (Wildman–Crippen LogP) is 0.847. The van der Waals surface area contributed by atoms with Gasteiger partial charge < -0.3 is 10.6 Å². The van der Waals surface area contributed by atoms with Crippen molar-refractivity contribution in [3.05, 3.63) is 42.1 Å². The number of nitrogens with one attached hydrogen (secondary N) is 1. The third-order valence-corrected chi connectivity index (χ3v) is 4.04. The first kappa shape index (κ1) is 18.2. The SMILES string of the molecule is O=C(NCc1cc(-c2ccc(C(F)(F)F)nc2)ncn1)C1CC(F)C[NH2+]1. The summed E-state index contributed by atoms with van der Waals surface area (Å²) in [6, 6.07) is 3.25. The molecule has 138 valence electrons. The molecule has 1 aliphatic heterocycles. The Hall–Kier alpha value is -2.62. The average molecular weight is 370 g/mol. The lowest BCUT2D eigenvalue weighted by molar-refractivity contribution is -0.659. The topological polar surface area (TPSA) is 84.4 Å².